The van der Waals surface area contributed by atoms with Crippen LogP contribution in [0.4, 0.5) is 0 Å². The minimum absolute atomic E-state index is 0.0770. The third-order valence-electron chi connectivity index (χ3n) is 12.6. The smallest absolute Gasteiger partial charge is 0.391 e. The Labute approximate surface area is 380 Å². The van der Waals surface area contributed by atoms with E-state index in [0.29, 0.717) is 23.9 Å². The van der Waals surface area contributed by atoms with Gasteiger partial charge in [0.1, 0.15) is 13.2 Å². The summed E-state index contributed by atoms with van der Waals surface area (Å²) < 4.78 is 23.4. The molecule has 3 atom stereocenters. The van der Waals surface area contributed by atoms with Crippen molar-refractivity contribution in [3.8, 4) is 0 Å². The second-order valence-electron chi connectivity index (χ2n) is 20.0. The lowest BCUT2D eigenvalue weighted by Gasteiger charge is -2.26. The van der Waals surface area contributed by atoms with Crippen molar-refractivity contribution in [2.24, 2.45) is 0 Å². The number of carbonyl (C=O) groups is 1. The minimum Gasteiger partial charge on any atom is -0.391 e. The number of amides is 1. The topological polar surface area (TPSA) is 105 Å². The van der Waals surface area contributed by atoms with E-state index in [0.717, 1.165) is 44.9 Å². The van der Waals surface area contributed by atoms with Gasteiger partial charge >= 0.3 is 7.82 Å². The van der Waals surface area contributed by atoms with E-state index in [9.17, 15) is 19.4 Å². The summed E-state index contributed by atoms with van der Waals surface area (Å²) in [5, 5.41) is 13.7. The Hall–Kier alpha value is -0.500. The number of hydrogen-bond donors (Lipinski definition) is 3. The van der Waals surface area contributed by atoms with Gasteiger partial charge in [-0.2, -0.15) is 0 Å². The molecule has 3 N–H and O–H groups in total. The maximum Gasteiger partial charge on any atom is 0.472 e. The molecule has 0 radical (unpaired) electrons. The van der Waals surface area contributed by atoms with E-state index in [1.807, 2.05) is 21.1 Å². The molecule has 9 heteroatoms. The Morgan fingerprint density at radius 3 is 1.10 bits per heavy atom. The number of likely N-dealkylation sites (N-methyl/N-ethyl adjacent to an activating group) is 1. The van der Waals surface area contributed by atoms with Gasteiger partial charge in [0.25, 0.3) is 0 Å². The van der Waals surface area contributed by atoms with Crippen LogP contribution in [0, 0.1) is 0 Å². The molecule has 0 aromatic carbocycles. The molecule has 0 saturated heterocycles. The molecular weight excluding hydrogens is 780 g/mol. The maximum absolute atomic E-state index is 12.8. The van der Waals surface area contributed by atoms with Crippen LogP contribution in [0.1, 0.15) is 277 Å². The Morgan fingerprint density at radius 2 is 0.787 bits per heavy atom. The number of aliphatic hydroxyl groups excluding tert-OH is 1. The molecule has 366 valence electrons. The van der Waals surface area contributed by atoms with Gasteiger partial charge in [-0.1, -0.05) is 258 Å². The Bertz CT molecular complexity index is 963. The van der Waals surface area contributed by atoms with Crippen LogP contribution in [0.3, 0.4) is 0 Å². The van der Waals surface area contributed by atoms with Gasteiger partial charge in [-0.15, -0.1) is 0 Å². The summed E-state index contributed by atoms with van der Waals surface area (Å²) in [5.74, 6) is -0.147. The monoisotopic (exact) mass is 888 g/mol. The third-order valence-corrected chi connectivity index (χ3v) is 13.6. The summed E-state index contributed by atoms with van der Waals surface area (Å²) in [4.78, 5) is 22.9. The van der Waals surface area contributed by atoms with Crippen LogP contribution in [0.5, 0.6) is 0 Å². The summed E-state index contributed by atoms with van der Waals surface area (Å²) in [6, 6.07) is -0.750. The first-order chi connectivity index (χ1) is 29.5. The fourth-order valence-corrected chi connectivity index (χ4v) is 9.08. The zero-order valence-electron chi connectivity index (χ0n) is 41.7. The van der Waals surface area contributed by atoms with Crippen molar-refractivity contribution in [1.29, 1.82) is 0 Å². The molecule has 0 aromatic heterocycles. The maximum atomic E-state index is 12.8. The van der Waals surface area contributed by atoms with E-state index in [4.69, 9.17) is 9.05 Å². The van der Waals surface area contributed by atoms with Gasteiger partial charge in [0, 0.05) is 6.42 Å². The lowest BCUT2D eigenvalue weighted by atomic mass is 10.0. The average molecular weight is 888 g/mol. The highest BCUT2D eigenvalue weighted by atomic mass is 31.2. The molecule has 0 spiro atoms. The molecule has 0 fully saturated rings. The second-order valence-corrected chi connectivity index (χ2v) is 21.4. The summed E-state index contributed by atoms with van der Waals surface area (Å²) in [7, 11) is 1.62. The highest BCUT2D eigenvalue weighted by Gasteiger charge is 2.28. The first-order valence-electron chi connectivity index (χ1n) is 26.9. The van der Waals surface area contributed by atoms with Crippen LogP contribution >= 0.6 is 7.82 Å². The Morgan fingerprint density at radius 1 is 0.492 bits per heavy atom. The normalized spacial score (nSPS) is 14.0. The third kappa shape index (κ3) is 47.3. The van der Waals surface area contributed by atoms with E-state index >= 15 is 0 Å². The fraction of sp³-hybridized carbons (Fsp3) is 0.981. The van der Waals surface area contributed by atoms with Crippen LogP contribution in [-0.2, 0) is 18.4 Å². The highest BCUT2D eigenvalue weighted by Crippen LogP contribution is 2.43. The molecule has 0 aliphatic carbocycles. The number of aliphatic hydroxyl groups is 1. The number of phosphoric ester groups is 1. The van der Waals surface area contributed by atoms with Crippen LogP contribution in [0.2, 0.25) is 0 Å². The van der Waals surface area contributed by atoms with Crippen molar-refractivity contribution in [2.45, 2.75) is 289 Å². The van der Waals surface area contributed by atoms with Crippen molar-refractivity contribution >= 4 is 13.7 Å². The van der Waals surface area contributed by atoms with E-state index in [-0.39, 0.29) is 19.1 Å². The summed E-state index contributed by atoms with van der Waals surface area (Å²) in [6.07, 6.45) is 52.6. The van der Waals surface area contributed by atoms with Crippen LogP contribution < -0.4 is 5.32 Å². The van der Waals surface area contributed by atoms with E-state index in [1.54, 1.807) is 0 Å². The summed E-state index contributed by atoms with van der Waals surface area (Å²) in [5.41, 5.74) is 0. The van der Waals surface area contributed by atoms with Gasteiger partial charge in [0.15, 0.2) is 0 Å². The van der Waals surface area contributed by atoms with Crippen molar-refractivity contribution in [2.75, 3.05) is 40.9 Å². The number of carbonyl (C=O) groups excluding carboxylic acids is 1. The molecule has 0 heterocycles. The van der Waals surface area contributed by atoms with E-state index in [1.165, 1.54) is 205 Å². The number of nitrogens with zero attached hydrogens (tertiary/aromatic N) is 1. The molecule has 0 bridgehead atoms. The lowest BCUT2D eigenvalue weighted by Crippen LogP contribution is -2.46. The first-order valence-corrected chi connectivity index (χ1v) is 28.4. The molecule has 0 aliphatic heterocycles. The predicted molar refractivity (Wildman–Crippen MR) is 263 cm³/mol. The van der Waals surface area contributed by atoms with Crippen LogP contribution in [0.25, 0.3) is 0 Å². The SMILES string of the molecule is CCCCCCCCCCCCCCCCCCCCCCCCCCCCCCCCCCCCCC(=O)NC(COP(=O)(O)OCC[N+](C)(C)C)C(O)CCCCCC. The van der Waals surface area contributed by atoms with Crippen molar-refractivity contribution in [1.82, 2.24) is 5.32 Å². The van der Waals surface area contributed by atoms with Gasteiger partial charge in [-0.3, -0.25) is 13.8 Å². The molecule has 1 amide bonds. The van der Waals surface area contributed by atoms with Crippen LogP contribution in [0.15, 0.2) is 0 Å². The lowest BCUT2D eigenvalue weighted by molar-refractivity contribution is -0.870. The standard InChI is InChI=1S/C52H107N2O6P/c1-6-8-10-12-13-14-15-16-17-18-19-20-21-22-23-24-25-26-27-28-29-30-31-32-33-34-35-36-37-38-39-40-41-42-44-46-52(56)53-50(51(55)45-43-11-9-7-2)49-60-61(57,58)59-48-47-54(3,4)5/h50-51,55H,6-49H2,1-5H3,(H-,53,56,57,58)/p+1. The number of nitrogens with one attached hydrogen (secondary N) is 1. The van der Waals surface area contributed by atoms with E-state index < -0.39 is 20.0 Å². The number of hydrogen-bond acceptors (Lipinski definition) is 5. The van der Waals surface area contributed by atoms with Gasteiger partial charge in [-0.05, 0) is 12.8 Å². The number of rotatable bonds is 50. The van der Waals surface area contributed by atoms with Gasteiger partial charge in [-0.25, -0.2) is 4.57 Å². The van der Waals surface area contributed by atoms with Gasteiger partial charge in [0.2, 0.25) is 5.91 Å². The molecule has 0 saturated carbocycles. The van der Waals surface area contributed by atoms with Crippen molar-refractivity contribution in [3.63, 3.8) is 0 Å². The van der Waals surface area contributed by atoms with Gasteiger partial charge in [0.05, 0.1) is 39.9 Å². The number of phosphoric acid groups is 1. The van der Waals surface area contributed by atoms with Crippen LogP contribution in [-0.4, -0.2) is 73.4 Å². The molecule has 0 rings (SSSR count). The number of unbranched alkanes of at least 4 members (excludes halogenated alkanes) is 37. The minimum atomic E-state index is -4.29. The average Bonchev–Trinajstić information content (AvgIpc) is 3.21. The molecule has 8 nitrogen and oxygen atoms in total. The summed E-state index contributed by atoms with van der Waals surface area (Å²) >= 11 is 0. The molecule has 0 aliphatic rings. The second kappa shape index (κ2) is 44.7. The number of quaternary nitrogens is 1. The quantitative estimate of drug-likeness (QED) is 0.0319. The molecule has 61 heavy (non-hydrogen) atoms. The zero-order chi connectivity index (χ0) is 45.0. The van der Waals surface area contributed by atoms with Crippen molar-refractivity contribution < 1.29 is 32.9 Å². The zero-order valence-corrected chi connectivity index (χ0v) is 42.6. The van der Waals surface area contributed by atoms with E-state index in [2.05, 4.69) is 19.2 Å². The molecule has 0 aromatic rings. The van der Waals surface area contributed by atoms with Crippen molar-refractivity contribution in [3.05, 3.63) is 0 Å². The first kappa shape index (κ1) is 60.5. The summed E-state index contributed by atoms with van der Waals surface area (Å²) in [6.45, 7) is 4.80. The van der Waals surface area contributed by atoms with Gasteiger partial charge < -0.3 is 19.8 Å². The largest absolute Gasteiger partial charge is 0.472 e. The fourth-order valence-electron chi connectivity index (χ4n) is 8.34. The molecular formula is C52H108N2O6P+. The Balaban J connectivity index is 3.64. The molecule has 3 unspecified atom stereocenters. The Kier molecular flexibility index (Phi) is 44.3. The highest BCUT2D eigenvalue weighted by molar-refractivity contribution is 7.47. The predicted octanol–water partition coefficient (Wildman–Crippen LogP) is 15.7.